The lowest BCUT2D eigenvalue weighted by atomic mass is 10.2. The van der Waals surface area contributed by atoms with Gasteiger partial charge in [0.05, 0.1) is 6.20 Å². The minimum Gasteiger partial charge on any atom is -0.326 e. The molecule has 20 heavy (non-hydrogen) atoms. The van der Waals surface area contributed by atoms with E-state index in [1.165, 1.54) is 31.4 Å². The van der Waals surface area contributed by atoms with Gasteiger partial charge in [-0.1, -0.05) is 12.1 Å². The van der Waals surface area contributed by atoms with Crippen LogP contribution in [0.15, 0.2) is 35.5 Å². The molecule has 0 radical (unpaired) electrons. The van der Waals surface area contributed by atoms with E-state index in [2.05, 4.69) is 10.2 Å². The van der Waals surface area contributed by atoms with E-state index >= 15 is 0 Å². The summed E-state index contributed by atoms with van der Waals surface area (Å²) in [5.74, 6) is -0.405. The second-order valence-electron chi connectivity index (χ2n) is 4.32. The fourth-order valence-corrected chi connectivity index (χ4v) is 3.07. The Kier molecular flexibility index (Phi) is 4.17. The van der Waals surface area contributed by atoms with Gasteiger partial charge in [0.1, 0.15) is 5.82 Å². The van der Waals surface area contributed by atoms with Crippen LogP contribution in [0.5, 0.6) is 0 Å². The first-order chi connectivity index (χ1) is 9.45. The summed E-state index contributed by atoms with van der Waals surface area (Å²) in [7, 11) is -2.32. The van der Waals surface area contributed by atoms with Gasteiger partial charge in [-0.3, -0.25) is 5.10 Å². The minimum atomic E-state index is -3.74. The van der Waals surface area contributed by atoms with Gasteiger partial charge < -0.3 is 5.73 Å². The number of halogens is 1. The van der Waals surface area contributed by atoms with Gasteiger partial charge in [0.2, 0.25) is 0 Å². The summed E-state index contributed by atoms with van der Waals surface area (Å²) in [5.41, 5.74) is 6.44. The van der Waals surface area contributed by atoms with E-state index in [1.807, 2.05) is 0 Å². The molecule has 6 nitrogen and oxygen atoms in total. The maximum atomic E-state index is 13.1. The van der Waals surface area contributed by atoms with Crippen molar-refractivity contribution in [2.24, 2.45) is 5.73 Å². The van der Waals surface area contributed by atoms with Crippen molar-refractivity contribution in [2.75, 3.05) is 7.05 Å². The molecule has 0 unspecified atom stereocenters. The van der Waals surface area contributed by atoms with Crippen molar-refractivity contribution in [2.45, 2.75) is 18.1 Å². The highest BCUT2D eigenvalue weighted by Crippen LogP contribution is 2.18. The van der Waals surface area contributed by atoms with Crippen LogP contribution in [-0.2, 0) is 23.1 Å². The molecule has 1 aromatic heterocycles. The average molecular weight is 298 g/mol. The maximum Gasteiger partial charge on any atom is 0.260 e. The van der Waals surface area contributed by atoms with Crippen LogP contribution in [0.3, 0.4) is 0 Å². The molecule has 1 heterocycles. The molecule has 0 aliphatic rings. The van der Waals surface area contributed by atoms with Gasteiger partial charge >= 0.3 is 0 Å². The van der Waals surface area contributed by atoms with Gasteiger partial charge in [0, 0.05) is 25.7 Å². The van der Waals surface area contributed by atoms with Crippen molar-refractivity contribution in [3.63, 3.8) is 0 Å². The summed E-state index contributed by atoms with van der Waals surface area (Å²) < 4.78 is 39.0. The molecule has 0 bridgehead atoms. The van der Waals surface area contributed by atoms with E-state index in [9.17, 15) is 12.8 Å². The molecule has 108 valence electrons. The number of nitrogens with zero attached hydrogens (tertiary/aromatic N) is 2. The predicted molar refractivity (Wildman–Crippen MR) is 71.5 cm³/mol. The molecular weight excluding hydrogens is 283 g/mol. The molecule has 8 heteroatoms. The van der Waals surface area contributed by atoms with Crippen LogP contribution in [0.2, 0.25) is 0 Å². The van der Waals surface area contributed by atoms with Crippen LogP contribution in [0.4, 0.5) is 4.39 Å². The Morgan fingerprint density at radius 2 is 2.20 bits per heavy atom. The molecule has 0 saturated heterocycles. The minimum absolute atomic E-state index is 0.0288. The number of nitrogens with one attached hydrogen (secondary N) is 1. The van der Waals surface area contributed by atoms with Gasteiger partial charge in [-0.15, -0.1) is 0 Å². The third-order valence-electron chi connectivity index (χ3n) is 2.86. The van der Waals surface area contributed by atoms with Crippen molar-refractivity contribution in [1.29, 1.82) is 0 Å². The summed E-state index contributed by atoms with van der Waals surface area (Å²) in [5, 5.41) is 6.10. The molecule has 0 amide bonds. The van der Waals surface area contributed by atoms with E-state index in [0.29, 0.717) is 11.1 Å². The highest BCUT2D eigenvalue weighted by molar-refractivity contribution is 7.89. The molecule has 0 atom stereocenters. The molecule has 0 spiro atoms. The number of benzene rings is 1. The molecule has 2 rings (SSSR count). The lowest BCUT2D eigenvalue weighted by molar-refractivity contribution is 0.461. The Hall–Kier alpha value is -1.77. The van der Waals surface area contributed by atoms with Gasteiger partial charge in [-0.05, 0) is 17.7 Å². The molecule has 2 aromatic rings. The Morgan fingerprint density at radius 1 is 1.45 bits per heavy atom. The third kappa shape index (κ3) is 2.87. The van der Waals surface area contributed by atoms with Crippen molar-refractivity contribution in [1.82, 2.24) is 14.5 Å². The zero-order valence-electron chi connectivity index (χ0n) is 10.9. The zero-order chi connectivity index (χ0) is 14.8. The van der Waals surface area contributed by atoms with E-state index in [1.54, 1.807) is 6.07 Å². The summed E-state index contributed by atoms with van der Waals surface area (Å²) in [6.07, 6.45) is 1.38. The monoisotopic (exact) mass is 298 g/mol. The Morgan fingerprint density at radius 3 is 2.85 bits per heavy atom. The summed E-state index contributed by atoms with van der Waals surface area (Å²) in [6.45, 7) is 0.127. The zero-order valence-corrected chi connectivity index (χ0v) is 11.7. The highest BCUT2D eigenvalue weighted by atomic mass is 32.2. The van der Waals surface area contributed by atoms with Crippen LogP contribution < -0.4 is 5.73 Å². The number of aromatic amines is 1. The predicted octanol–water partition coefficient (Wildman–Crippen LogP) is 0.828. The van der Waals surface area contributed by atoms with Crippen molar-refractivity contribution in [3.8, 4) is 0 Å². The lowest BCUT2D eigenvalue weighted by Gasteiger charge is -2.16. The number of aromatic nitrogens is 2. The third-order valence-corrected chi connectivity index (χ3v) is 4.68. The van der Waals surface area contributed by atoms with Gasteiger partial charge in [0.25, 0.3) is 10.0 Å². The topological polar surface area (TPSA) is 92.1 Å². The largest absolute Gasteiger partial charge is 0.326 e. The second kappa shape index (κ2) is 5.70. The SMILES string of the molecule is CN(Cc1cccc(F)c1)S(=O)(=O)c1[nH]ncc1CN. The summed E-state index contributed by atoms with van der Waals surface area (Å²) in [4.78, 5) is 0. The van der Waals surface area contributed by atoms with Gasteiger partial charge in [-0.25, -0.2) is 12.8 Å². The van der Waals surface area contributed by atoms with Crippen LogP contribution in [-0.4, -0.2) is 30.0 Å². The van der Waals surface area contributed by atoms with Crippen LogP contribution >= 0.6 is 0 Å². The smallest absolute Gasteiger partial charge is 0.260 e. The molecule has 0 aliphatic carbocycles. The lowest BCUT2D eigenvalue weighted by Crippen LogP contribution is -2.28. The molecular formula is C12H15FN4O2S. The first kappa shape index (κ1) is 14.6. The molecule has 0 fully saturated rings. The highest BCUT2D eigenvalue weighted by Gasteiger charge is 2.25. The number of hydrogen-bond donors (Lipinski definition) is 2. The summed E-state index contributed by atoms with van der Waals surface area (Å²) in [6, 6.07) is 5.79. The van der Waals surface area contributed by atoms with E-state index < -0.39 is 15.8 Å². The molecule has 0 saturated carbocycles. The van der Waals surface area contributed by atoms with Crippen LogP contribution in [0, 0.1) is 5.82 Å². The Bertz CT molecular complexity index is 699. The number of nitrogens with two attached hydrogens (primary N) is 1. The number of H-pyrrole nitrogens is 1. The molecule has 1 aromatic carbocycles. The van der Waals surface area contributed by atoms with Crippen molar-refractivity contribution < 1.29 is 12.8 Å². The normalized spacial score (nSPS) is 12.0. The van der Waals surface area contributed by atoms with Crippen molar-refractivity contribution in [3.05, 3.63) is 47.4 Å². The second-order valence-corrected chi connectivity index (χ2v) is 6.30. The summed E-state index contributed by atoms with van der Waals surface area (Å²) >= 11 is 0. The number of rotatable bonds is 5. The first-order valence-electron chi connectivity index (χ1n) is 5.88. The quantitative estimate of drug-likeness (QED) is 0.855. The maximum absolute atomic E-state index is 13.1. The van der Waals surface area contributed by atoms with Crippen LogP contribution in [0.25, 0.3) is 0 Å². The number of hydrogen-bond acceptors (Lipinski definition) is 4. The van der Waals surface area contributed by atoms with Crippen molar-refractivity contribution >= 4 is 10.0 Å². The standard InChI is InChI=1S/C12H15FN4O2S/c1-17(8-9-3-2-4-11(13)5-9)20(18,19)12-10(6-14)7-15-16-12/h2-5,7H,6,8,14H2,1H3,(H,15,16). The van der Waals surface area contributed by atoms with Gasteiger partial charge in [0.15, 0.2) is 5.03 Å². The first-order valence-corrected chi connectivity index (χ1v) is 7.32. The van der Waals surface area contributed by atoms with E-state index in [0.717, 1.165) is 4.31 Å². The Labute approximate surface area is 116 Å². The Balaban J connectivity index is 2.26. The van der Waals surface area contributed by atoms with E-state index in [-0.39, 0.29) is 18.1 Å². The fourth-order valence-electron chi connectivity index (χ4n) is 1.80. The van der Waals surface area contributed by atoms with E-state index in [4.69, 9.17) is 5.73 Å². The average Bonchev–Trinajstić information content (AvgIpc) is 2.87. The number of sulfonamides is 1. The fraction of sp³-hybridized carbons (Fsp3) is 0.250. The molecule has 0 aliphatic heterocycles. The van der Waals surface area contributed by atoms with Crippen LogP contribution in [0.1, 0.15) is 11.1 Å². The molecule has 3 N–H and O–H groups in total. The van der Waals surface area contributed by atoms with Gasteiger partial charge in [-0.2, -0.15) is 9.40 Å².